The lowest BCUT2D eigenvalue weighted by atomic mass is 10.1. The third-order valence-electron chi connectivity index (χ3n) is 3.89. The van der Waals surface area contributed by atoms with Crippen molar-refractivity contribution >= 4 is 43.2 Å². The molecular formula is C19H16BrN5O3S. The van der Waals surface area contributed by atoms with Gasteiger partial charge in [-0.2, -0.15) is 10.4 Å². The Bertz CT molecular complexity index is 1240. The largest absolute Gasteiger partial charge is 0.322 e. The molecule has 148 valence electrons. The Morgan fingerprint density at radius 1 is 1.24 bits per heavy atom. The summed E-state index contributed by atoms with van der Waals surface area (Å²) in [6.07, 6.45) is 3.98. The number of aryl methyl sites for hydroxylation is 1. The summed E-state index contributed by atoms with van der Waals surface area (Å²) < 4.78 is 27.3. The maximum absolute atomic E-state index is 12.6. The fourth-order valence-corrected chi connectivity index (χ4v) is 3.79. The van der Waals surface area contributed by atoms with Crippen LogP contribution in [0.4, 0.5) is 11.4 Å². The van der Waals surface area contributed by atoms with Crippen molar-refractivity contribution in [3.63, 3.8) is 0 Å². The molecule has 2 aromatic carbocycles. The molecule has 3 rings (SSSR count). The van der Waals surface area contributed by atoms with Crippen molar-refractivity contribution in [3.8, 4) is 11.8 Å². The van der Waals surface area contributed by atoms with E-state index in [9.17, 15) is 18.5 Å². The van der Waals surface area contributed by atoms with Gasteiger partial charge in [0.15, 0.2) is 0 Å². The van der Waals surface area contributed by atoms with Crippen LogP contribution in [0.2, 0.25) is 0 Å². The van der Waals surface area contributed by atoms with Crippen molar-refractivity contribution in [1.29, 1.82) is 5.26 Å². The van der Waals surface area contributed by atoms with E-state index in [1.54, 1.807) is 24.3 Å². The van der Waals surface area contributed by atoms with E-state index in [1.807, 2.05) is 13.0 Å². The fourth-order valence-electron chi connectivity index (χ4n) is 2.75. The van der Waals surface area contributed by atoms with Crippen LogP contribution in [-0.2, 0) is 10.0 Å². The normalized spacial score (nSPS) is 11.0. The molecule has 10 heteroatoms. The molecule has 3 aromatic rings. The lowest BCUT2D eigenvalue weighted by Crippen LogP contribution is -2.13. The van der Waals surface area contributed by atoms with E-state index in [2.05, 4.69) is 37.1 Å². The Balaban J connectivity index is 1.86. The molecule has 0 aliphatic rings. The monoisotopic (exact) mass is 473 g/mol. The minimum Gasteiger partial charge on any atom is -0.322 e. The topological polar surface area (TPSA) is 117 Å². The molecule has 0 bridgehead atoms. The highest BCUT2D eigenvalue weighted by Gasteiger charge is 2.14. The van der Waals surface area contributed by atoms with E-state index in [1.165, 1.54) is 23.1 Å². The molecule has 1 amide bonds. The molecule has 0 atom stereocenters. The zero-order valence-electron chi connectivity index (χ0n) is 15.5. The Hall–Kier alpha value is -3.16. The average molecular weight is 474 g/mol. The number of benzene rings is 2. The van der Waals surface area contributed by atoms with E-state index < -0.39 is 15.9 Å². The number of aromatic nitrogens is 2. The number of halogens is 1. The number of carbonyl (C=O) groups is 1. The number of amides is 1. The number of nitrogens with one attached hydrogen (secondary N) is 2. The smallest absolute Gasteiger partial charge is 0.258 e. The summed E-state index contributed by atoms with van der Waals surface area (Å²) in [6.45, 7) is 1.86. The summed E-state index contributed by atoms with van der Waals surface area (Å²) in [4.78, 5) is 12.6. The number of carbonyl (C=O) groups excluding carboxylic acids is 1. The summed E-state index contributed by atoms with van der Waals surface area (Å²) in [7, 11) is -3.45. The van der Waals surface area contributed by atoms with Crippen molar-refractivity contribution in [1.82, 2.24) is 9.78 Å². The highest BCUT2D eigenvalue weighted by atomic mass is 79.9. The summed E-state index contributed by atoms with van der Waals surface area (Å²) in [5.74, 6) is -0.424. The van der Waals surface area contributed by atoms with Gasteiger partial charge in [0.25, 0.3) is 5.91 Å². The third-order valence-corrected chi connectivity index (χ3v) is 4.96. The Morgan fingerprint density at radius 3 is 2.66 bits per heavy atom. The van der Waals surface area contributed by atoms with Crippen molar-refractivity contribution in [2.75, 3.05) is 16.3 Å². The van der Waals surface area contributed by atoms with Crippen LogP contribution in [0.1, 0.15) is 21.5 Å². The second kappa shape index (κ2) is 8.06. The molecule has 0 saturated heterocycles. The van der Waals surface area contributed by atoms with Gasteiger partial charge in [-0.3, -0.25) is 9.52 Å². The number of para-hydroxylation sites is 1. The van der Waals surface area contributed by atoms with Crippen LogP contribution in [0, 0.1) is 18.3 Å². The first-order valence-electron chi connectivity index (χ1n) is 8.31. The summed E-state index contributed by atoms with van der Waals surface area (Å²) in [6, 6.07) is 12.2. The average Bonchev–Trinajstić information content (AvgIpc) is 3.09. The van der Waals surface area contributed by atoms with E-state index in [0.29, 0.717) is 27.1 Å². The molecule has 0 unspecified atom stereocenters. The van der Waals surface area contributed by atoms with Gasteiger partial charge in [-0.15, -0.1) is 0 Å². The van der Waals surface area contributed by atoms with Crippen LogP contribution >= 0.6 is 15.9 Å². The molecule has 0 spiro atoms. The molecule has 29 heavy (non-hydrogen) atoms. The third kappa shape index (κ3) is 5.01. The first kappa shape index (κ1) is 20.6. The standard InChI is InChI=1S/C19H16BrN5O3S/c1-12-4-3-5-13(9-21)18(12)25-11-14(10-22-25)19(26)23-16-6-15(20)7-17(8-16)24-29(2,27)28/h3-8,10-11,24H,1-2H3,(H,23,26). The van der Waals surface area contributed by atoms with Gasteiger partial charge >= 0.3 is 0 Å². The van der Waals surface area contributed by atoms with Gasteiger partial charge < -0.3 is 5.32 Å². The number of hydrogen-bond acceptors (Lipinski definition) is 5. The van der Waals surface area contributed by atoms with E-state index in [0.717, 1.165) is 11.8 Å². The van der Waals surface area contributed by atoms with Crippen LogP contribution in [0.5, 0.6) is 0 Å². The summed E-state index contributed by atoms with van der Waals surface area (Å²) in [5.41, 5.74) is 2.90. The second-order valence-electron chi connectivity index (χ2n) is 6.31. The highest BCUT2D eigenvalue weighted by molar-refractivity contribution is 9.10. The van der Waals surface area contributed by atoms with Gasteiger partial charge in [-0.25, -0.2) is 13.1 Å². The number of nitriles is 1. The van der Waals surface area contributed by atoms with Crippen LogP contribution in [-0.4, -0.2) is 30.4 Å². The van der Waals surface area contributed by atoms with Crippen LogP contribution in [0.3, 0.4) is 0 Å². The zero-order chi connectivity index (χ0) is 21.2. The molecule has 2 N–H and O–H groups in total. The molecule has 0 aliphatic carbocycles. The minimum absolute atomic E-state index is 0.287. The Labute approximate surface area is 176 Å². The van der Waals surface area contributed by atoms with Gasteiger partial charge in [-0.05, 0) is 36.8 Å². The van der Waals surface area contributed by atoms with Gasteiger partial charge in [0.2, 0.25) is 10.0 Å². The van der Waals surface area contributed by atoms with Gasteiger partial charge in [0, 0.05) is 16.4 Å². The minimum atomic E-state index is -3.45. The highest BCUT2D eigenvalue weighted by Crippen LogP contribution is 2.24. The molecule has 1 heterocycles. The molecule has 0 aliphatic heterocycles. The predicted molar refractivity (Wildman–Crippen MR) is 114 cm³/mol. The van der Waals surface area contributed by atoms with Gasteiger partial charge in [0.05, 0.1) is 35.0 Å². The maximum Gasteiger partial charge on any atom is 0.258 e. The molecule has 0 radical (unpaired) electrons. The lowest BCUT2D eigenvalue weighted by molar-refractivity contribution is 0.102. The number of nitrogens with zero attached hydrogens (tertiary/aromatic N) is 3. The van der Waals surface area contributed by atoms with Gasteiger partial charge in [-0.1, -0.05) is 28.1 Å². The van der Waals surface area contributed by atoms with Crippen LogP contribution < -0.4 is 10.0 Å². The maximum atomic E-state index is 12.6. The van der Waals surface area contributed by atoms with E-state index in [-0.39, 0.29) is 5.56 Å². The van der Waals surface area contributed by atoms with Crippen LogP contribution in [0.15, 0.2) is 53.3 Å². The number of rotatable bonds is 5. The molecular weight excluding hydrogens is 458 g/mol. The Kier molecular flexibility index (Phi) is 5.72. The zero-order valence-corrected chi connectivity index (χ0v) is 17.9. The SMILES string of the molecule is Cc1cccc(C#N)c1-n1cc(C(=O)Nc2cc(Br)cc(NS(C)(=O)=O)c2)cn1. The van der Waals surface area contributed by atoms with Crippen molar-refractivity contribution in [3.05, 3.63) is 70.0 Å². The van der Waals surface area contributed by atoms with E-state index in [4.69, 9.17) is 0 Å². The van der Waals surface area contributed by atoms with Crippen molar-refractivity contribution in [2.24, 2.45) is 0 Å². The quantitative estimate of drug-likeness (QED) is 0.588. The molecule has 0 saturated carbocycles. The Morgan fingerprint density at radius 2 is 1.97 bits per heavy atom. The van der Waals surface area contributed by atoms with Crippen LogP contribution in [0.25, 0.3) is 5.69 Å². The number of sulfonamides is 1. The number of hydrogen-bond donors (Lipinski definition) is 2. The predicted octanol–water partition coefficient (Wildman–Crippen LogP) is 3.44. The van der Waals surface area contributed by atoms with Gasteiger partial charge in [0.1, 0.15) is 6.07 Å². The number of anilines is 2. The first-order valence-corrected chi connectivity index (χ1v) is 11.0. The van der Waals surface area contributed by atoms with Crippen molar-refractivity contribution in [2.45, 2.75) is 6.92 Å². The van der Waals surface area contributed by atoms with Crippen molar-refractivity contribution < 1.29 is 13.2 Å². The molecule has 8 nitrogen and oxygen atoms in total. The summed E-state index contributed by atoms with van der Waals surface area (Å²) in [5, 5.41) is 16.2. The summed E-state index contributed by atoms with van der Waals surface area (Å²) >= 11 is 3.29. The van der Waals surface area contributed by atoms with E-state index >= 15 is 0 Å². The fraction of sp³-hybridized carbons (Fsp3) is 0.105. The molecule has 0 fully saturated rings. The first-order chi connectivity index (χ1) is 13.7. The molecule has 1 aromatic heterocycles. The lowest BCUT2D eigenvalue weighted by Gasteiger charge is -2.09. The second-order valence-corrected chi connectivity index (χ2v) is 8.98.